The predicted molar refractivity (Wildman–Crippen MR) is 359 cm³/mol. The summed E-state index contributed by atoms with van der Waals surface area (Å²) in [4.78, 5) is 155. The number of carbonyl (C=O) groups excluding carboxylic acids is 10. The van der Waals surface area contributed by atoms with Crippen molar-refractivity contribution >= 4 is 105 Å². The van der Waals surface area contributed by atoms with Gasteiger partial charge in [0, 0.05) is 137 Å². The Labute approximate surface area is 559 Å². The largest absolute Gasteiger partial charge is 0.478 e. The van der Waals surface area contributed by atoms with Gasteiger partial charge < -0.3 is 101 Å². The van der Waals surface area contributed by atoms with Gasteiger partial charge in [-0.05, 0) is 67.8 Å². The number of hydrogen-bond acceptors (Lipinski definition) is 15. The first-order valence-corrected chi connectivity index (χ1v) is 30.7. The molecule has 8 aromatic heterocycles. The van der Waals surface area contributed by atoms with Crippen LogP contribution >= 0.6 is 0 Å². The number of aromatic carboxylic acids is 1. The van der Waals surface area contributed by atoms with Gasteiger partial charge in [0.25, 0.3) is 53.2 Å². The number of aryl methyl sites for hydroxylation is 8. The standard InChI is InChI=1S/C64H74N22O12/c1-79-22-21-66-51(79)61(94)78-50-35-86(8)53(76-50)63(96)74-42-27-47(83(5)33-42)59(92)71-39-25-45(81(3)30-39)57(90)69-20-17-43(65)55(88)77-49-34-85(7)52(75-49)62(95)73-41-28-48(84(6)32-41)60(93)72-40-26-46(82(4)31-40)58(91)70-38-24-44(80(2)29-38)56(89)68-19-13-11-9-10-12-18-67-54(87)36-15-14-16-37(23-36)64(97)98/h14-16,21-35,43H,9-13,17-20,65H2,1-8H3,(H,67,87)(H,68,89)(H,69,90)(H,70,91)(H,71,92)(H,72,93)(H,73,95)(H,74,96)(H,77,88)(H,78,94)(H,97,98)/t43-/m1/s1. The fourth-order valence-electron chi connectivity index (χ4n) is 10.4. The van der Waals surface area contributed by atoms with Crippen LogP contribution in [0.25, 0.3) is 0 Å². The van der Waals surface area contributed by atoms with E-state index in [-0.39, 0.29) is 99.2 Å². The second kappa shape index (κ2) is 30.6. The first-order chi connectivity index (χ1) is 46.7. The van der Waals surface area contributed by atoms with E-state index in [1.54, 1.807) is 84.6 Å². The molecule has 9 rings (SSSR count). The Balaban J connectivity index is 0.671. The molecule has 1 aromatic carbocycles. The fraction of sp³-hybridized carbons (Fsp3) is 0.281. The van der Waals surface area contributed by atoms with Crippen molar-refractivity contribution in [2.24, 2.45) is 62.1 Å². The Hall–Kier alpha value is -12.6. The number of hydrogen-bond donors (Lipinski definition) is 12. The lowest BCUT2D eigenvalue weighted by Crippen LogP contribution is -2.39. The molecule has 34 heteroatoms. The average molecular weight is 1340 g/mol. The highest BCUT2D eigenvalue weighted by Crippen LogP contribution is 2.23. The van der Waals surface area contributed by atoms with Crippen molar-refractivity contribution in [2.45, 2.75) is 44.6 Å². The monoisotopic (exact) mass is 1340 g/mol. The van der Waals surface area contributed by atoms with E-state index in [0.29, 0.717) is 35.8 Å². The molecule has 9 aromatic rings. The molecular formula is C64H74N22O12. The third-order valence-electron chi connectivity index (χ3n) is 15.5. The molecule has 98 heavy (non-hydrogen) atoms. The van der Waals surface area contributed by atoms with Crippen LogP contribution < -0.4 is 58.9 Å². The number of carboxylic acids is 1. The lowest BCUT2D eigenvalue weighted by atomic mass is 10.1. The maximum atomic E-state index is 13.6. The van der Waals surface area contributed by atoms with E-state index in [1.165, 1.54) is 119 Å². The van der Waals surface area contributed by atoms with E-state index in [9.17, 15) is 52.7 Å². The molecule has 0 spiro atoms. The van der Waals surface area contributed by atoms with E-state index in [1.807, 2.05) is 0 Å². The minimum Gasteiger partial charge on any atom is -0.478 e. The second-order valence-corrected chi connectivity index (χ2v) is 23.1. The predicted octanol–water partition coefficient (Wildman–Crippen LogP) is 3.99. The number of rotatable bonds is 29. The molecule has 8 heterocycles. The lowest BCUT2D eigenvalue weighted by molar-refractivity contribution is -0.117. The van der Waals surface area contributed by atoms with Gasteiger partial charge in [0.05, 0.1) is 40.0 Å². The van der Waals surface area contributed by atoms with Gasteiger partial charge in [0.2, 0.25) is 17.6 Å². The zero-order valence-electron chi connectivity index (χ0n) is 54.8. The van der Waals surface area contributed by atoms with Crippen molar-refractivity contribution in [2.75, 3.05) is 56.9 Å². The fourth-order valence-corrected chi connectivity index (χ4v) is 10.4. The summed E-state index contributed by atoms with van der Waals surface area (Å²) in [5.74, 6) is -6.13. The summed E-state index contributed by atoms with van der Waals surface area (Å²) in [6, 6.07) is 12.1. The number of nitrogens with two attached hydrogens (primary N) is 1. The molecule has 0 aliphatic heterocycles. The van der Waals surface area contributed by atoms with Crippen molar-refractivity contribution in [3.8, 4) is 0 Å². The van der Waals surface area contributed by atoms with Gasteiger partial charge >= 0.3 is 5.97 Å². The number of unbranched alkanes of at least 4 members (excludes halogenated alkanes) is 4. The van der Waals surface area contributed by atoms with E-state index >= 15 is 0 Å². The molecule has 512 valence electrons. The number of anilines is 7. The first kappa shape index (κ1) is 69.7. The van der Waals surface area contributed by atoms with Gasteiger partial charge in [-0.25, -0.2) is 19.7 Å². The zero-order valence-corrected chi connectivity index (χ0v) is 54.8. The highest BCUT2D eigenvalue weighted by molar-refractivity contribution is 6.10. The molecule has 0 bridgehead atoms. The average Bonchev–Trinajstić information content (AvgIpc) is 1.68. The number of imidazole rings is 3. The summed E-state index contributed by atoms with van der Waals surface area (Å²) in [7, 11) is 12.9. The quantitative estimate of drug-likeness (QED) is 0.0295. The minimum atomic E-state index is -1.12. The Morgan fingerprint density at radius 1 is 0.398 bits per heavy atom. The second-order valence-electron chi connectivity index (χ2n) is 23.1. The minimum absolute atomic E-state index is 0.00291. The third-order valence-corrected chi connectivity index (χ3v) is 15.5. The number of nitrogens with zero attached hydrogens (tertiary/aromatic N) is 11. The molecule has 0 saturated heterocycles. The summed E-state index contributed by atoms with van der Waals surface area (Å²) in [5, 5.41) is 36.5. The number of carbonyl (C=O) groups is 11. The molecule has 0 fully saturated rings. The maximum absolute atomic E-state index is 13.6. The zero-order chi connectivity index (χ0) is 70.6. The molecule has 34 nitrogen and oxygen atoms in total. The molecule has 10 amide bonds. The van der Waals surface area contributed by atoms with Crippen molar-refractivity contribution in [3.63, 3.8) is 0 Å². The molecule has 1 atom stereocenters. The Bertz CT molecular complexity index is 4560. The van der Waals surface area contributed by atoms with Crippen LogP contribution in [0.15, 0.2) is 110 Å². The summed E-state index contributed by atoms with van der Waals surface area (Å²) in [6.07, 6.45) is 17.8. The van der Waals surface area contributed by atoms with Crippen LogP contribution in [0, 0.1) is 0 Å². The van der Waals surface area contributed by atoms with Gasteiger partial charge in [-0.1, -0.05) is 25.3 Å². The summed E-state index contributed by atoms with van der Waals surface area (Å²) in [6.45, 7) is 0.858. The van der Waals surface area contributed by atoms with Crippen LogP contribution in [-0.2, 0) is 61.2 Å². The molecular weight excluding hydrogens is 1270 g/mol. The Morgan fingerprint density at radius 2 is 0.765 bits per heavy atom. The van der Waals surface area contributed by atoms with Crippen molar-refractivity contribution in [1.29, 1.82) is 0 Å². The van der Waals surface area contributed by atoms with Gasteiger partial charge in [0.15, 0.2) is 17.5 Å². The van der Waals surface area contributed by atoms with Crippen molar-refractivity contribution < 1.29 is 57.8 Å². The summed E-state index contributed by atoms with van der Waals surface area (Å²) < 4.78 is 12.0. The lowest BCUT2D eigenvalue weighted by Gasteiger charge is -2.11. The van der Waals surface area contributed by atoms with Crippen LogP contribution in [0.5, 0.6) is 0 Å². The highest BCUT2D eigenvalue weighted by Gasteiger charge is 2.25. The molecule has 13 N–H and O–H groups in total. The highest BCUT2D eigenvalue weighted by atomic mass is 16.4. The summed E-state index contributed by atoms with van der Waals surface area (Å²) >= 11 is 0. The topological polar surface area (TPSA) is 432 Å². The maximum Gasteiger partial charge on any atom is 0.335 e. The van der Waals surface area contributed by atoms with Gasteiger partial charge in [0.1, 0.15) is 28.5 Å². The van der Waals surface area contributed by atoms with E-state index in [0.717, 1.165) is 32.1 Å². The van der Waals surface area contributed by atoms with Crippen LogP contribution in [0.1, 0.15) is 144 Å². The number of nitrogens with one attached hydrogen (secondary N) is 10. The van der Waals surface area contributed by atoms with Crippen LogP contribution in [0.3, 0.4) is 0 Å². The van der Waals surface area contributed by atoms with Crippen LogP contribution in [0.4, 0.5) is 40.1 Å². The molecule has 0 aliphatic rings. The van der Waals surface area contributed by atoms with E-state index in [4.69, 9.17) is 10.8 Å². The first-order valence-electron chi connectivity index (χ1n) is 30.7. The Morgan fingerprint density at radius 3 is 1.18 bits per heavy atom. The van der Waals surface area contributed by atoms with Gasteiger partial charge in [-0.3, -0.25) is 47.9 Å². The number of aromatic nitrogens is 11. The molecule has 0 saturated carbocycles. The molecule has 0 aliphatic carbocycles. The molecule has 0 radical (unpaired) electrons. The smallest absolute Gasteiger partial charge is 0.335 e. The van der Waals surface area contributed by atoms with Crippen molar-refractivity contribution in [1.82, 2.24) is 67.4 Å². The van der Waals surface area contributed by atoms with E-state index < -0.39 is 59.3 Å². The van der Waals surface area contributed by atoms with Crippen LogP contribution in [-0.4, -0.2) is 147 Å². The van der Waals surface area contributed by atoms with Gasteiger partial charge in [-0.2, -0.15) is 0 Å². The normalized spacial score (nSPS) is 11.3. The number of benzene rings is 1. The number of amides is 10. The van der Waals surface area contributed by atoms with Gasteiger partial charge in [-0.15, -0.1) is 0 Å². The number of carboxylic acid groups (broad SMARTS) is 1. The van der Waals surface area contributed by atoms with Crippen LogP contribution in [0.2, 0.25) is 0 Å². The molecule has 0 unspecified atom stereocenters. The third kappa shape index (κ3) is 17.2. The summed E-state index contributed by atoms with van der Waals surface area (Å²) in [5.41, 5.74) is 9.04. The Kier molecular flexibility index (Phi) is 21.8. The SMILES string of the molecule is Cn1cc(NC(=O)c2cc(NC(=O)c3cc(NC(=O)c4nc(NC(=O)[C@H](N)CCNC(=O)c5cc(NC(=O)c6cc(NC(=O)c7nc(NC(=O)c8nccn8C)cn7C)cn6C)cn5C)cn4C)cn3C)cn2C)cc1C(=O)NCCCCCCCNC(=O)c1cccc(C(=O)O)c1. The van der Waals surface area contributed by atoms with E-state index in [2.05, 4.69) is 68.1 Å². The van der Waals surface area contributed by atoms with Crippen molar-refractivity contribution in [3.05, 3.63) is 167 Å².